The second kappa shape index (κ2) is 9.26. The smallest absolute Gasteiger partial charge is 0.336 e. The Bertz CT molecular complexity index is 1150. The van der Waals surface area contributed by atoms with Crippen molar-refractivity contribution < 1.29 is 23.8 Å². The van der Waals surface area contributed by atoms with E-state index in [2.05, 4.69) is 5.32 Å². The van der Waals surface area contributed by atoms with Gasteiger partial charge in [-0.2, -0.15) is 5.26 Å². The summed E-state index contributed by atoms with van der Waals surface area (Å²) in [4.78, 5) is 23.9. The number of carbonyl (C=O) groups is 2. The molecule has 3 rings (SSSR count). The molecule has 1 heterocycles. The Hall–Kier alpha value is -4.31. The van der Waals surface area contributed by atoms with Gasteiger partial charge >= 0.3 is 5.97 Å². The van der Waals surface area contributed by atoms with Crippen LogP contribution >= 0.6 is 0 Å². The summed E-state index contributed by atoms with van der Waals surface area (Å²) in [6, 6.07) is 18.3. The molecule has 0 saturated carbocycles. The van der Waals surface area contributed by atoms with Crippen LogP contribution in [0.2, 0.25) is 0 Å². The van der Waals surface area contributed by atoms with Crippen LogP contribution in [0, 0.1) is 11.3 Å². The predicted molar refractivity (Wildman–Crippen MR) is 111 cm³/mol. The third kappa shape index (κ3) is 4.75. The van der Waals surface area contributed by atoms with Crippen molar-refractivity contribution in [2.45, 2.75) is 6.92 Å². The number of ether oxygens (including phenoxy) is 1. The van der Waals surface area contributed by atoms with E-state index in [0.717, 1.165) is 0 Å². The lowest BCUT2D eigenvalue weighted by Crippen LogP contribution is -2.13. The number of aromatic carboxylic acids is 1. The van der Waals surface area contributed by atoms with Crippen molar-refractivity contribution in [3.63, 3.8) is 0 Å². The first-order valence-electron chi connectivity index (χ1n) is 9.10. The largest absolute Gasteiger partial charge is 0.494 e. The maximum absolute atomic E-state index is 12.5. The van der Waals surface area contributed by atoms with Gasteiger partial charge in [0, 0.05) is 23.4 Å². The third-order valence-electron chi connectivity index (χ3n) is 4.10. The van der Waals surface area contributed by atoms with Crippen molar-refractivity contribution in [2.75, 3.05) is 11.9 Å². The van der Waals surface area contributed by atoms with Gasteiger partial charge in [-0.1, -0.05) is 24.3 Å². The highest BCUT2D eigenvalue weighted by atomic mass is 16.5. The first-order chi connectivity index (χ1) is 14.5. The number of benzene rings is 2. The summed E-state index contributed by atoms with van der Waals surface area (Å²) < 4.78 is 11.0. The molecule has 0 aliphatic carbocycles. The number of hydrogen-bond acceptors (Lipinski definition) is 5. The summed E-state index contributed by atoms with van der Waals surface area (Å²) in [6.07, 6.45) is 1.30. The average Bonchev–Trinajstić information content (AvgIpc) is 3.21. The van der Waals surface area contributed by atoms with Gasteiger partial charge in [-0.15, -0.1) is 0 Å². The van der Waals surface area contributed by atoms with Gasteiger partial charge in [0.25, 0.3) is 5.91 Å². The zero-order valence-electron chi connectivity index (χ0n) is 16.1. The van der Waals surface area contributed by atoms with Crippen molar-refractivity contribution in [3.8, 4) is 23.1 Å². The van der Waals surface area contributed by atoms with E-state index in [1.54, 1.807) is 54.6 Å². The van der Waals surface area contributed by atoms with Gasteiger partial charge in [-0.25, -0.2) is 4.79 Å². The summed E-state index contributed by atoms with van der Waals surface area (Å²) in [5.74, 6) is -0.507. The van der Waals surface area contributed by atoms with Crippen LogP contribution in [0.25, 0.3) is 17.4 Å². The molecule has 30 heavy (non-hydrogen) atoms. The minimum absolute atomic E-state index is 0.0924. The first kappa shape index (κ1) is 20.4. The van der Waals surface area contributed by atoms with Crippen molar-refractivity contribution in [3.05, 3.63) is 77.6 Å². The van der Waals surface area contributed by atoms with Crippen molar-refractivity contribution in [2.24, 2.45) is 0 Å². The maximum Gasteiger partial charge on any atom is 0.336 e. The lowest BCUT2D eigenvalue weighted by Gasteiger charge is -2.07. The third-order valence-corrected chi connectivity index (χ3v) is 4.10. The van der Waals surface area contributed by atoms with Gasteiger partial charge in [-0.3, -0.25) is 4.79 Å². The standard InChI is InChI=1S/C23H18N2O5/c1-2-29-17-7-5-6-16(13-17)25-22(26)15(14-24)12-18-10-11-21(30-18)19-8-3-4-9-20(19)23(27)28/h3-13H,2H2,1H3,(H,25,26)(H,27,28)/b15-12-. The highest BCUT2D eigenvalue weighted by Gasteiger charge is 2.15. The molecule has 3 aromatic rings. The van der Waals surface area contributed by atoms with Crippen LogP contribution in [0.5, 0.6) is 5.75 Å². The SMILES string of the molecule is CCOc1cccc(NC(=O)/C(C#N)=C\c2ccc(-c3ccccc3C(=O)O)o2)c1. The Morgan fingerprint density at radius 3 is 2.70 bits per heavy atom. The highest BCUT2D eigenvalue weighted by molar-refractivity contribution is 6.09. The minimum atomic E-state index is -1.08. The molecular formula is C23H18N2O5. The predicted octanol–water partition coefficient (Wildman–Crippen LogP) is 4.59. The molecule has 0 atom stereocenters. The molecular weight excluding hydrogens is 384 g/mol. The van der Waals surface area contributed by atoms with Crippen LogP contribution in [0.15, 0.2) is 70.7 Å². The second-order valence-corrected chi connectivity index (χ2v) is 6.14. The molecule has 1 aromatic heterocycles. The minimum Gasteiger partial charge on any atom is -0.494 e. The summed E-state index contributed by atoms with van der Waals surface area (Å²) in [7, 11) is 0. The molecule has 1 amide bonds. The van der Waals surface area contributed by atoms with Crippen LogP contribution in [-0.4, -0.2) is 23.6 Å². The maximum atomic E-state index is 12.5. The molecule has 2 N–H and O–H groups in total. The van der Waals surface area contributed by atoms with Crippen LogP contribution in [0.1, 0.15) is 23.0 Å². The lowest BCUT2D eigenvalue weighted by molar-refractivity contribution is -0.112. The molecule has 0 spiro atoms. The fraction of sp³-hybridized carbons (Fsp3) is 0.0870. The van der Waals surface area contributed by atoms with E-state index < -0.39 is 11.9 Å². The van der Waals surface area contributed by atoms with Gasteiger partial charge < -0.3 is 19.6 Å². The number of carboxylic acid groups (broad SMARTS) is 1. The number of nitriles is 1. The summed E-state index contributed by atoms with van der Waals surface area (Å²) >= 11 is 0. The van der Waals surface area contributed by atoms with Crippen LogP contribution in [0.4, 0.5) is 5.69 Å². The second-order valence-electron chi connectivity index (χ2n) is 6.14. The Morgan fingerprint density at radius 1 is 1.17 bits per heavy atom. The monoisotopic (exact) mass is 402 g/mol. The molecule has 0 aliphatic heterocycles. The number of amides is 1. The Kier molecular flexibility index (Phi) is 6.30. The van der Waals surface area contributed by atoms with E-state index in [1.807, 2.05) is 13.0 Å². The number of carboxylic acids is 1. The van der Waals surface area contributed by atoms with E-state index in [-0.39, 0.29) is 16.9 Å². The molecule has 0 unspecified atom stereocenters. The quantitative estimate of drug-likeness (QED) is 0.441. The van der Waals surface area contributed by atoms with E-state index >= 15 is 0 Å². The van der Waals surface area contributed by atoms with E-state index in [0.29, 0.717) is 29.4 Å². The number of anilines is 1. The van der Waals surface area contributed by atoms with Crippen LogP contribution < -0.4 is 10.1 Å². The molecule has 0 radical (unpaired) electrons. The zero-order chi connectivity index (χ0) is 21.5. The Labute approximate surface area is 172 Å². The molecule has 0 aliphatic rings. The molecule has 7 nitrogen and oxygen atoms in total. The highest BCUT2D eigenvalue weighted by Crippen LogP contribution is 2.27. The molecule has 0 saturated heterocycles. The molecule has 150 valence electrons. The van der Waals surface area contributed by atoms with E-state index in [9.17, 15) is 20.0 Å². The van der Waals surface area contributed by atoms with Crippen molar-refractivity contribution in [1.29, 1.82) is 5.26 Å². The summed E-state index contributed by atoms with van der Waals surface area (Å²) in [5.41, 5.74) is 0.821. The number of carbonyl (C=O) groups excluding carboxylic acids is 1. The van der Waals surface area contributed by atoms with Crippen LogP contribution in [0.3, 0.4) is 0 Å². The number of nitrogens with zero attached hydrogens (tertiary/aromatic N) is 1. The van der Waals surface area contributed by atoms with Crippen molar-refractivity contribution >= 4 is 23.6 Å². The summed E-state index contributed by atoms with van der Waals surface area (Å²) in [5, 5.41) is 21.4. The number of hydrogen-bond donors (Lipinski definition) is 2. The Morgan fingerprint density at radius 2 is 1.97 bits per heavy atom. The topological polar surface area (TPSA) is 113 Å². The zero-order valence-corrected chi connectivity index (χ0v) is 16.1. The fourth-order valence-corrected chi connectivity index (χ4v) is 2.78. The van der Waals surface area contributed by atoms with Gasteiger partial charge in [0.1, 0.15) is 28.9 Å². The molecule has 7 heteroatoms. The molecule has 0 bridgehead atoms. The van der Waals surface area contributed by atoms with Gasteiger partial charge in [0.15, 0.2) is 0 Å². The van der Waals surface area contributed by atoms with E-state index in [4.69, 9.17) is 9.15 Å². The average molecular weight is 402 g/mol. The van der Waals surface area contributed by atoms with Crippen molar-refractivity contribution in [1.82, 2.24) is 0 Å². The molecule has 0 fully saturated rings. The summed E-state index contributed by atoms with van der Waals surface area (Å²) in [6.45, 7) is 2.35. The Balaban J connectivity index is 1.82. The lowest BCUT2D eigenvalue weighted by atomic mass is 10.1. The van der Waals surface area contributed by atoms with Gasteiger partial charge in [-0.05, 0) is 37.3 Å². The van der Waals surface area contributed by atoms with Crippen LogP contribution in [-0.2, 0) is 4.79 Å². The van der Waals surface area contributed by atoms with E-state index in [1.165, 1.54) is 12.1 Å². The van der Waals surface area contributed by atoms with Gasteiger partial charge in [0.05, 0.1) is 12.2 Å². The number of rotatable bonds is 7. The molecule has 2 aromatic carbocycles. The number of furan rings is 1. The number of nitrogens with one attached hydrogen (secondary N) is 1. The first-order valence-corrected chi connectivity index (χ1v) is 9.10. The fourth-order valence-electron chi connectivity index (χ4n) is 2.78. The van der Waals surface area contributed by atoms with Gasteiger partial charge in [0.2, 0.25) is 0 Å². The normalized spacial score (nSPS) is 10.9.